The Balaban J connectivity index is 2.14. The highest BCUT2D eigenvalue weighted by Gasteiger charge is 2.10. The molecule has 1 heterocycles. The molecule has 0 radical (unpaired) electrons. The number of hydrogen-bond acceptors (Lipinski definition) is 4. The molecule has 0 aliphatic heterocycles. The molecule has 0 saturated carbocycles. The third-order valence-corrected chi connectivity index (χ3v) is 3.28. The number of rotatable bonds is 5. The Morgan fingerprint density at radius 3 is 2.68 bits per heavy atom. The summed E-state index contributed by atoms with van der Waals surface area (Å²) in [6.07, 6.45) is 3.71. The Hall–Kier alpha value is -1.69. The van der Waals surface area contributed by atoms with Crippen LogP contribution in [-0.2, 0) is 13.6 Å². The fourth-order valence-electron chi connectivity index (χ4n) is 1.79. The first-order valence-corrected chi connectivity index (χ1v) is 6.56. The van der Waals surface area contributed by atoms with Crippen molar-refractivity contribution in [2.75, 3.05) is 19.5 Å². The fraction of sp³-hybridized carbons (Fsp3) is 0.308. The fourth-order valence-corrected chi connectivity index (χ4v) is 2.44. The van der Waals surface area contributed by atoms with Crippen LogP contribution in [-0.4, -0.2) is 24.0 Å². The molecule has 0 fully saturated rings. The van der Waals surface area contributed by atoms with Gasteiger partial charge < -0.3 is 14.8 Å². The van der Waals surface area contributed by atoms with Crippen molar-refractivity contribution in [2.24, 2.45) is 7.05 Å². The Morgan fingerprint density at radius 2 is 2.11 bits per heavy atom. The number of aromatic nitrogens is 2. The van der Waals surface area contributed by atoms with E-state index in [4.69, 9.17) is 9.47 Å². The molecule has 0 saturated heterocycles. The Morgan fingerprint density at radius 1 is 1.32 bits per heavy atom. The standard InChI is InChI=1S/C13H16BrN3O2/c1-17-8-10(7-16-17)15-6-9-4-11(14)13(19-3)12(5-9)18-2/h4-5,7-8,15H,6H2,1-3H3. The second kappa shape index (κ2) is 5.97. The van der Waals surface area contributed by atoms with Crippen LogP contribution in [0.1, 0.15) is 5.56 Å². The van der Waals surface area contributed by atoms with Crippen LogP contribution >= 0.6 is 15.9 Å². The number of aryl methyl sites for hydroxylation is 1. The van der Waals surface area contributed by atoms with Crippen LogP contribution in [0.15, 0.2) is 29.0 Å². The van der Waals surface area contributed by atoms with E-state index < -0.39 is 0 Å². The van der Waals surface area contributed by atoms with Crippen LogP contribution in [0.2, 0.25) is 0 Å². The molecule has 0 atom stereocenters. The minimum Gasteiger partial charge on any atom is -0.493 e. The molecule has 0 aliphatic rings. The van der Waals surface area contributed by atoms with E-state index >= 15 is 0 Å². The average Bonchev–Trinajstić information content (AvgIpc) is 2.81. The molecule has 0 aliphatic carbocycles. The molecule has 0 unspecified atom stereocenters. The second-order valence-corrected chi connectivity index (χ2v) is 4.92. The Kier molecular flexibility index (Phi) is 4.31. The molecule has 102 valence electrons. The zero-order chi connectivity index (χ0) is 13.8. The van der Waals surface area contributed by atoms with E-state index in [0.29, 0.717) is 18.0 Å². The zero-order valence-electron chi connectivity index (χ0n) is 11.1. The van der Waals surface area contributed by atoms with E-state index in [2.05, 4.69) is 26.3 Å². The molecule has 0 bridgehead atoms. The van der Waals surface area contributed by atoms with Gasteiger partial charge in [-0.1, -0.05) is 0 Å². The Labute approximate surface area is 120 Å². The number of anilines is 1. The van der Waals surface area contributed by atoms with Gasteiger partial charge in [0.1, 0.15) is 0 Å². The van der Waals surface area contributed by atoms with Gasteiger partial charge in [0.2, 0.25) is 0 Å². The van der Waals surface area contributed by atoms with Gasteiger partial charge in [-0.2, -0.15) is 5.10 Å². The molecule has 19 heavy (non-hydrogen) atoms. The lowest BCUT2D eigenvalue weighted by atomic mass is 10.2. The highest BCUT2D eigenvalue weighted by Crippen LogP contribution is 2.36. The Bertz CT molecular complexity index is 569. The predicted octanol–water partition coefficient (Wildman–Crippen LogP) is 2.81. The summed E-state index contributed by atoms with van der Waals surface area (Å²) < 4.78 is 13.2. The molecular formula is C13H16BrN3O2. The van der Waals surface area contributed by atoms with Gasteiger partial charge in [-0.15, -0.1) is 0 Å². The van der Waals surface area contributed by atoms with Crippen LogP contribution < -0.4 is 14.8 Å². The monoisotopic (exact) mass is 325 g/mol. The predicted molar refractivity (Wildman–Crippen MR) is 77.8 cm³/mol. The molecule has 1 aromatic carbocycles. The third-order valence-electron chi connectivity index (χ3n) is 2.69. The van der Waals surface area contributed by atoms with Crippen LogP contribution in [0.5, 0.6) is 11.5 Å². The largest absolute Gasteiger partial charge is 0.493 e. The van der Waals surface area contributed by atoms with Crippen LogP contribution in [0.25, 0.3) is 0 Å². The first kappa shape index (κ1) is 13.7. The third kappa shape index (κ3) is 3.20. The topological polar surface area (TPSA) is 48.3 Å². The molecule has 5 nitrogen and oxygen atoms in total. The van der Waals surface area contributed by atoms with E-state index in [1.54, 1.807) is 25.1 Å². The summed E-state index contributed by atoms with van der Waals surface area (Å²) in [5.74, 6) is 1.41. The van der Waals surface area contributed by atoms with E-state index in [0.717, 1.165) is 15.7 Å². The van der Waals surface area contributed by atoms with Crippen molar-refractivity contribution in [1.29, 1.82) is 0 Å². The van der Waals surface area contributed by atoms with Crippen molar-refractivity contribution in [2.45, 2.75) is 6.54 Å². The maximum atomic E-state index is 5.31. The highest BCUT2D eigenvalue weighted by atomic mass is 79.9. The highest BCUT2D eigenvalue weighted by molar-refractivity contribution is 9.10. The molecule has 6 heteroatoms. The summed E-state index contributed by atoms with van der Waals surface area (Å²) in [7, 11) is 5.14. The quantitative estimate of drug-likeness (QED) is 0.918. The maximum Gasteiger partial charge on any atom is 0.174 e. The van der Waals surface area contributed by atoms with Crippen molar-refractivity contribution in [3.8, 4) is 11.5 Å². The van der Waals surface area contributed by atoms with Crippen molar-refractivity contribution >= 4 is 21.6 Å². The van der Waals surface area contributed by atoms with Crippen LogP contribution in [0, 0.1) is 0 Å². The summed E-state index contributed by atoms with van der Waals surface area (Å²) in [5.41, 5.74) is 2.07. The normalized spacial score (nSPS) is 10.3. The number of halogens is 1. The number of hydrogen-bond donors (Lipinski definition) is 1. The van der Waals surface area contributed by atoms with Crippen LogP contribution in [0.4, 0.5) is 5.69 Å². The van der Waals surface area contributed by atoms with E-state index in [9.17, 15) is 0 Å². The van der Waals surface area contributed by atoms with Crippen molar-refractivity contribution in [1.82, 2.24) is 9.78 Å². The number of benzene rings is 1. The molecule has 2 aromatic rings. The molecule has 0 amide bonds. The van der Waals surface area contributed by atoms with Gasteiger partial charge in [-0.25, -0.2) is 0 Å². The number of ether oxygens (including phenoxy) is 2. The maximum absolute atomic E-state index is 5.31. The summed E-state index contributed by atoms with van der Waals surface area (Å²) in [6.45, 7) is 0.685. The van der Waals surface area contributed by atoms with Gasteiger partial charge in [0.25, 0.3) is 0 Å². The van der Waals surface area contributed by atoms with E-state index in [1.807, 2.05) is 25.4 Å². The van der Waals surface area contributed by atoms with E-state index in [-0.39, 0.29) is 0 Å². The molecular weight excluding hydrogens is 310 g/mol. The minimum atomic E-state index is 0.685. The first-order chi connectivity index (χ1) is 9.13. The van der Waals surface area contributed by atoms with Gasteiger partial charge >= 0.3 is 0 Å². The van der Waals surface area contributed by atoms with Crippen molar-refractivity contribution in [3.63, 3.8) is 0 Å². The lowest BCUT2D eigenvalue weighted by Gasteiger charge is -2.12. The number of nitrogens with zero attached hydrogens (tertiary/aromatic N) is 2. The molecule has 1 N–H and O–H groups in total. The van der Waals surface area contributed by atoms with Gasteiger partial charge in [0.15, 0.2) is 11.5 Å². The lowest BCUT2D eigenvalue weighted by Crippen LogP contribution is -2.00. The first-order valence-electron chi connectivity index (χ1n) is 5.77. The summed E-state index contributed by atoms with van der Waals surface area (Å²) in [5, 5.41) is 7.41. The van der Waals surface area contributed by atoms with Gasteiger partial charge in [-0.3, -0.25) is 4.68 Å². The van der Waals surface area contributed by atoms with E-state index in [1.165, 1.54) is 0 Å². The van der Waals surface area contributed by atoms with Gasteiger partial charge in [-0.05, 0) is 33.6 Å². The van der Waals surface area contributed by atoms with Gasteiger partial charge in [0, 0.05) is 19.8 Å². The average molecular weight is 326 g/mol. The molecule has 1 aromatic heterocycles. The molecule has 2 rings (SSSR count). The van der Waals surface area contributed by atoms with Gasteiger partial charge in [0.05, 0.1) is 30.6 Å². The summed E-state index contributed by atoms with van der Waals surface area (Å²) in [4.78, 5) is 0. The lowest BCUT2D eigenvalue weighted by molar-refractivity contribution is 0.352. The summed E-state index contributed by atoms with van der Waals surface area (Å²) >= 11 is 3.48. The van der Waals surface area contributed by atoms with Crippen molar-refractivity contribution in [3.05, 3.63) is 34.6 Å². The van der Waals surface area contributed by atoms with Crippen molar-refractivity contribution < 1.29 is 9.47 Å². The summed E-state index contributed by atoms with van der Waals surface area (Å²) in [6, 6.07) is 3.96. The SMILES string of the molecule is COc1cc(CNc2cnn(C)c2)cc(Br)c1OC. The number of methoxy groups -OCH3 is 2. The second-order valence-electron chi connectivity index (χ2n) is 4.07. The minimum absolute atomic E-state index is 0.685. The number of nitrogens with one attached hydrogen (secondary N) is 1. The smallest absolute Gasteiger partial charge is 0.174 e. The van der Waals surface area contributed by atoms with Crippen LogP contribution in [0.3, 0.4) is 0 Å². The molecule has 0 spiro atoms. The zero-order valence-corrected chi connectivity index (χ0v) is 12.7.